The van der Waals surface area contributed by atoms with Crippen molar-refractivity contribution in [2.75, 3.05) is 6.61 Å². The van der Waals surface area contributed by atoms with Gasteiger partial charge in [0, 0.05) is 23.1 Å². The standard InChI is InChI=1S/C44H41ClFNO5/c1-28(44(50)32-18-20-39(48)40(49)24-32)10-5-6-13-31-23-37(45)43(25-42(31)51-27-30-12-4-2-3-11-29(22-30)26-47)52-41-21-19-34-33(15-9-16-36(34)41)35-14-7-8-17-38(35)46/h3,7-9,11-12,14-18,20,22-25,28,41,48-49H,2,4-6,10,13,19,21,27H2,1H3/b11-3+,29-22+,30-12+/t28?,41-/m0/s1. The van der Waals surface area contributed by atoms with Gasteiger partial charge in [-0.3, -0.25) is 4.79 Å². The maximum Gasteiger partial charge on any atom is 0.165 e. The van der Waals surface area contributed by atoms with Gasteiger partial charge in [-0.05, 0) is 115 Å². The van der Waals surface area contributed by atoms with E-state index >= 15 is 0 Å². The second-order valence-electron chi connectivity index (χ2n) is 13.4. The maximum absolute atomic E-state index is 14.8. The number of benzene rings is 4. The van der Waals surface area contributed by atoms with Gasteiger partial charge in [-0.1, -0.05) is 73.5 Å². The van der Waals surface area contributed by atoms with Crippen LogP contribution >= 0.6 is 11.6 Å². The van der Waals surface area contributed by atoms with E-state index in [-0.39, 0.29) is 41.7 Å². The van der Waals surface area contributed by atoms with Crippen LogP contribution in [-0.2, 0) is 12.8 Å². The number of carbonyl (C=O) groups is 1. The van der Waals surface area contributed by atoms with E-state index in [1.54, 1.807) is 12.1 Å². The Bertz CT molecular complexity index is 2090. The van der Waals surface area contributed by atoms with Crippen molar-refractivity contribution in [1.82, 2.24) is 0 Å². The number of carbonyl (C=O) groups excluding carboxylic acids is 1. The van der Waals surface area contributed by atoms with Crippen molar-refractivity contribution in [3.63, 3.8) is 0 Å². The van der Waals surface area contributed by atoms with Crippen molar-refractivity contribution in [2.24, 2.45) is 5.92 Å². The summed E-state index contributed by atoms with van der Waals surface area (Å²) in [7, 11) is 0. The number of aryl methyl sites for hydroxylation is 1. The Morgan fingerprint density at radius 3 is 2.63 bits per heavy atom. The fourth-order valence-corrected chi connectivity index (χ4v) is 7.12. The Balaban J connectivity index is 1.20. The van der Waals surface area contributed by atoms with Gasteiger partial charge in [-0.15, -0.1) is 0 Å². The van der Waals surface area contributed by atoms with Gasteiger partial charge in [0.1, 0.15) is 30.0 Å². The number of ketones is 1. The quantitative estimate of drug-likeness (QED) is 0.0811. The molecule has 4 aromatic rings. The van der Waals surface area contributed by atoms with Gasteiger partial charge in [0.25, 0.3) is 0 Å². The lowest BCUT2D eigenvalue weighted by molar-refractivity contribution is 0.0922. The number of phenols is 2. The molecule has 0 radical (unpaired) electrons. The molecule has 6 rings (SSSR count). The highest BCUT2D eigenvalue weighted by Crippen LogP contribution is 2.43. The van der Waals surface area contributed by atoms with E-state index in [0.717, 1.165) is 66.4 Å². The van der Waals surface area contributed by atoms with E-state index in [0.29, 0.717) is 46.1 Å². The van der Waals surface area contributed by atoms with E-state index in [2.05, 4.69) is 12.1 Å². The average Bonchev–Trinajstić information content (AvgIpc) is 3.55. The highest BCUT2D eigenvalue weighted by atomic mass is 35.5. The Kier molecular flexibility index (Phi) is 11.8. The molecule has 0 bridgehead atoms. The molecule has 8 heteroatoms. The summed E-state index contributed by atoms with van der Waals surface area (Å²) in [6.07, 6.45) is 13.5. The number of hydrogen-bond donors (Lipinski definition) is 2. The van der Waals surface area contributed by atoms with Crippen LogP contribution in [-0.4, -0.2) is 22.6 Å². The molecule has 0 amide bonds. The van der Waals surface area contributed by atoms with Gasteiger partial charge in [0.05, 0.1) is 16.7 Å². The first-order chi connectivity index (χ1) is 25.2. The third-order valence-corrected chi connectivity index (χ3v) is 10.0. The number of hydrogen-bond acceptors (Lipinski definition) is 6. The van der Waals surface area contributed by atoms with Crippen LogP contribution in [0, 0.1) is 23.1 Å². The van der Waals surface area contributed by atoms with Crippen molar-refractivity contribution in [3.05, 3.63) is 141 Å². The molecule has 2 N–H and O–H groups in total. The number of nitriles is 1. The Morgan fingerprint density at radius 2 is 1.83 bits per heavy atom. The zero-order chi connectivity index (χ0) is 36.6. The fraction of sp³-hybridized carbons (Fsp3) is 0.273. The monoisotopic (exact) mass is 717 g/mol. The summed E-state index contributed by atoms with van der Waals surface area (Å²) in [6, 6.07) is 22.8. The zero-order valence-corrected chi connectivity index (χ0v) is 29.8. The van der Waals surface area contributed by atoms with Crippen LogP contribution in [0.2, 0.25) is 5.02 Å². The van der Waals surface area contributed by atoms with Crippen molar-refractivity contribution < 1.29 is 28.9 Å². The molecule has 0 aliphatic heterocycles. The van der Waals surface area contributed by atoms with E-state index < -0.39 is 0 Å². The van der Waals surface area contributed by atoms with E-state index in [1.165, 1.54) is 24.3 Å². The lowest BCUT2D eigenvalue weighted by Crippen LogP contribution is -2.11. The number of ether oxygens (including phenoxy) is 2. The molecule has 52 heavy (non-hydrogen) atoms. The number of allylic oxidation sites excluding steroid dienone is 4. The lowest BCUT2D eigenvalue weighted by atomic mass is 9.93. The molecule has 2 atom stereocenters. The first-order valence-corrected chi connectivity index (χ1v) is 18.1. The Morgan fingerprint density at radius 1 is 1.00 bits per heavy atom. The van der Waals surface area contributed by atoms with Crippen LogP contribution in [0.1, 0.15) is 78.6 Å². The predicted molar refractivity (Wildman–Crippen MR) is 201 cm³/mol. The summed E-state index contributed by atoms with van der Waals surface area (Å²) in [5.41, 5.74) is 6.27. The predicted octanol–water partition coefficient (Wildman–Crippen LogP) is 11.0. The minimum Gasteiger partial charge on any atom is -0.504 e. The smallest absolute Gasteiger partial charge is 0.165 e. The number of aromatic hydroxyl groups is 2. The van der Waals surface area contributed by atoms with Gasteiger partial charge in [-0.25, -0.2) is 4.39 Å². The number of halogens is 2. The number of Topliss-reactive ketones (excluding diaryl/α,β-unsaturated/α-hetero) is 1. The minimum absolute atomic E-state index is 0.0921. The molecular weight excluding hydrogens is 677 g/mol. The Hall–Kier alpha value is -5.32. The average molecular weight is 718 g/mol. The third-order valence-electron chi connectivity index (χ3n) is 9.71. The van der Waals surface area contributed by atoms with Crippen LogP contribution < -0.4 is 9.47 Å². The summed E-state index contributed by atoms with van der Waals surface area (Å²) in [6.45, 7) is 2.13. The Labute approximate surface area is 309 Å². The van der Waals surface area contributed by atoms with Crippen LogP contribution in [0.15, 0.2) is 108 Å². The van der Waals surface area contributed by atoms with Crippen LogP contribution in [0.4, 0.5) is 4.39 Å². The van der Waals surface area contributed by atoms with Crippen molar-refractivity contribution in [1.29, 1.82) is 5.26 Å². The summed E-state index contributed by atoms with van der Waals surface area (Å²) in [4.78, 5) is 13.0. The molecule has 0 saturated carbocycles. The number of nitrogens with zero attached hydrogens (tertiary/aromatic N) is 1. The molecule has 0 saturated heterocycles. The topological polar surface area (TPSA) is 99.8 Å². The minimum atomic E-state index is -0.315. The molecule has 0 fully saturated rings. The molecule has 0 aromatic heterocycles. The van der Waals surface area contributed by atoms with Crippen molar-refractivity contribution in [3.8, 4) is 40.2 Å². The maximum atomic E-state index is 14.8. The van der Waals surface area contributed by atoms with Gasteiger partial charge >= 0.3 is 0 Å². The van der Waals surface area contributed by atoms with Gasteiger partial charge in [0.2, 0.25) is 0 Å². The summed E-state index contributed by atoms with van der Waals surface area (Å²) in [5.74, 6) is -0.0694. The van der Waals surface area contributed by atoms with Crippen molar-refractivity contribution >= 4 is 17.4 Å². The summed E-state index contributed by atoms with van der Waals surface area (Å²) < 4.78 is 27.8. The molecule has 4 aromatic carbocycles. The first kappa shape index (κ1) is 36.5. The zero-order valence-electron chi connectivity index (χ0n) is 29.1. The van der Waals surface area contributed by atoms with Crippen molar-refractivity contribution in [2.45, 2.75) is 64.4 Å². The number of rotatable bonds is 13. The van der Waals surface area contributed by atoms with Gasteiger partial charge in [0.15, 0.2) is 17.3 Å². The number of phenolic OH excluding ortho intramolecular Hbond substituents is 2. The third kappa shape index (κ3) is 8.58. The highest BCUT2D eigenvalue weighted by Gasteiger charge is 2.28. The molecule has 0 spiro atoms. The van der Waals surface area contributed by atoms with Crippen LogP contribution in [0.25, 0.3) is 11.1 Å². The van der Waals surface area contributed by atoms with Gasteiger partial charge < -0.3 is 19.7 Å². The van der Waals surface area contributed by atoms with E-state index in [4.69, 9.17) is 21.1 Å². The number of unbranched alkanes of at least 4 members (excludes halogenated alkanes) is 1. The molecule has 1 unspecified atom stereocenters. The van der Waals surface area contributed by atoms with Crippen LogP contribution in [0.5, 0.6) is 23.0 Å². The molecule has 2 aliphatic rings. The van der Waals surface area contributed by atoms with E-state index in [9.17, 15) is 24.7 Å². The highest BCUT2D eigenvalue weighted by molar-refractivity contribution is 6.32. The normalized spacial score (nSPS) is 18.4. The molecule has 2 aliphatic carbocycles. The largest absolute Gasteiger partial charge is 0.504 e. The molecule has 266 valence electrons. The fourth-order valence-electron chi connectivity index (χ4n) is 6.89. The SMILES string of the molecule is CC(CCCCc1cc(Cl)c(O[C@H]2CCc3c(-c4ccccc4F)cccc32)cc1OCC1=C/CC/C=C/C(C#N)=C\1)C(=O)c1ccc(O)c(O)c1. The first-order valence-electron chi connectivity index (χ1n) is 17.7. The summed E-state index contributed by atoms with van der Waals surface area (Å²) >= 11 is 6.90. The molecule has 6 nitrogen and oxygen atoms in total. The summed E-state index contributed by atoms with van der Waals surface area (Å²) in [5, 5.41) is 29.5. The molecule has 0 heterocycles. The van der Waals surface area contributed by atoms with Gasteiger partial charge in [-0.2, -0.15) is 5.26 Å². The van der Waals surface area contributed by atoms with Crippen LogP contribution in [0.3, 0.4) is 0 Å². The number of fused-ring (bicyclic) bond motifs is 1. The second-order valence-corrected chi connectivity index (χ2v) is 13.8. The lowest BCUT2D eigenvalue weighted by Gasteiger charge is -2.20. The molecular formula is C44H41ClFNO5. The van der Waals surface area contributed by atoms with E-state index in [1.807, 2.05) is 61.5 Å². The second kappa shape index (κ2) is 16.8.